The normalized spacial score (nSPS) is 18.9. The van der Waals surface area contributed by atoms with Crippen molar-refractivity contribution in [3.05, 3.63) is 48.2 Å². The molecule has 2 atom stereocenters. The molecule has 2 aromatic rings. The summed E-state index contributed by atoms with van der Waals surface area (Å²) in [5, 5.41) is 18.7. The summed E-state index contributed by atoms with van der Waals surface area (Å²) in [6.45, 7) is 0.185. The van der Waals surface area contributed by atoms with E-state index in [4.69, 9.17) is 4.42 Å². The lowest BCUT2D eigenvalue weighted by molar-refractivity contribution is -0.146. The van der Waals surface area contributed by atoms with Crippen LogP contribution in [0.2, 0.25) is 0 Å². The van der Waals surface area contributed by atoms with Crippen LogP contribution in [-0.4, -0.2) is 32.7 Å². The fraction of sp³-hybridized carbons (Fsp3) is 0.333. The molecule has 2 heterocycles. The number of carbonyl (C=O) groups excluding carboxylic acids is 2. The summed E-state index contributed by atoms with van der Waals surface area (Å²) in [5.41, 5.74) is 0.286. The number of furan rings is 1. The predicted molar refractivity (Wildman–Crippen MR) is 94.7 cm³/mol. The number of rotatable bonds is 6. The van der Waals surface area contributed by atoms with E-state index in [1.807, 2.05) is 0 Å². The Hall–Kier alpha value is -3.36. The molecular weight excluding hydrogens is 352 g/mol. The third-order valence-corrected chi connectivity index (χ3v) is 4.39. The number of carboxylic acids is 1. The smallest absolute Gasteiger partial charge is 0.307 e. The summed E-state index contributed by atoms with van der Waals surface area (Å²) >= 11 is 0. The minimum absolute atomic E-state index is 0.0515. The van der Waals surface area contributed by atoms with Crippen molar-refractivity contribution in [3.63, 3.8) is 0 Å². The Morgan fingerprint density at radius 3 is 2.70 bits per heavy atom. The number of carboxylic acid groups (broad SMARTS) is 1. The lowest BCUT2D eigenvalue weighted by atomic mass is 9.82. The van der Waals surface area contributed by atoms with Crippen LogP contribution in [0.5, 0.6) is 0 Å². The first kappa shape index (κ1) is 18.4. The minimum atomic E-state index is -1.01. The number of hydrogen-bond donors (Lipinski definition) is 3. The molecule has 0 aliphatic heterocycles. The molecule has 2 amide bonds. The van der Waals surface area contributed by atoms with Crippen molar-refractivity contribution >= 4 is 23.5 Å². The molecule has 2 aromatic heterocycles. The van der Waals surface area contributed by atoms with Gasteiger partial charge in [0, 0.05) is 13.2 Å². The Morgan fingerprint density at radius 1 is 1.30 bits per heavy atom. The van der Waals surface area contributed by atoms with Crippen LogP contribution in [-0.2, 0) is 23.2 Å². The van der Waals surface area contributed by atoms with E-state index in [2.05, 4.69) is 15.7 Å². The van der Waals surface area contributed by atoms with E-state index in [1.54, 1.807) is 31.3 Å². The van der Waals surface area contributed by atoms with Crippen LogP contribution >= 0.6 is 0 Å². The number of aromatic nitrogens is 2. The van der Waals surface area contributed by atoms with Gasteiger partial charge in [-0.1, -0.05) is 12.2 Å². The zero-order valence-electron chi connectivity index (χ0n) is 14.7. The van der Waals surface area contributed by atoms with Gasteiger partial charge in [-0.05, 0) is 25.0 Å². The number of aryl methyl sites for hydroxylation is 1. The van der Waals surface area contributed by atoms with Crippen molar-refractivity contribution in [3.8, 4) is 0 Å². The summed E-state index contributed by atoms with van der Waals surface area (Å²) in [5.74, 6) is -2.83. The number of aliphatic carboxylic acids is 1. The molecule has 142 valence electrons. The van der Waals surface area contributed by atoms with Crippen molar-refractivity contribution in [2.24, 2.45) is 18.9 Å². The van der Waals surface area contributed by atoms with Gasteiger partial charge in [-0.2, -0.15) is 5.10 Å². The van der Waals surface area contributed by atoms with Crippen molar-refractivity contribution < 1.29 is 23.9 Å². The second-order valence-corrected chi connectivity index (χ2v) is 6.31. The third kappa shape index (κ3) is 4.25. The van der Waals surface area contributed by atoms with Gasteiger partial charge in [0.2, 0.25) is 5.91 Å². The van der Waals surface area contributed by atoms with E-state index < -0.39 is 29.6 Å². The van der Waals surface area contributed by atoms with Crippen LogP contribution < -0.4 is 10.6 Å². The van der Waals surface area contributed by atoms with Crippen LogP contribution in [0.15, 0.2) is 41.2 Å². The highest BCUT2D eigenvalue weighted by Gasteiger charge is 2.34. The van der Waals surface area contributed by atoms with Gasteiger partial charge in [0.05, 0.1) is 30.3 Å². The van der Waals surface area contributed by atoms with Gasteiger partial charge in [0.25, 0.3) is 5.91 Å². The molecule has 0 fully saturated rings. The van der Waals surface area contributed by atoms with Crippen molar-refractivity contribution in [2.75, 3.05) is 5.32 Å². The fourth-order valence-electron chi connectivity index (χ4n) is 3.01. The highest BCUT2D eigenvalue weighted by molar-refractivity contribution is 6.03. The molecule has 0 radical (unpaired) electrons. The predicted octanol–water partition coefficient (Wildman–Crippen LogP) is 1.55. The van der Waals surface area contributed by atoms with Crippen LogP contribution in [0.1, 0.15) is 29.1 Å². The monoisotopic (exact) mass is 372 g/mol. The SMILES string of the molecule is Cn1cc(NC(=O)[C@H]2CC=CC[C@H]2C(=O)O)c(C(=O)NCc2ccco2)n1. The van der Waals surface area contributed by atoms with Crippen molar-refractivity contribution in [1.29, 1.82) is 0 Å². The molecule has 0 saturated heterocycles. The zero-order valence-corrected chi connectivity index (χ0v) is 14.7. The van der Waals surface area contributed by atoms with E-state index in [-0.39, 0.29) is 17.9 Å². The molecule has 9 nitrogen and oxygen atoms in total. The Labute approximate surface area is 155 Å². The van der Waals surface area contributed by atoms with Gasteiger partial charge < -0.3 is 20.2 Å². The standard InChI is InChI=1S/C18H20N4O5/c1-22-10-14(15(21-22)17(24)19-9-11-5-4-8-27-11)20-16(23)12-6-2-3-7-13(12)18(25)26/h2-5,8,10,12-13H,6-7,9H2,1H3,(H,19,24)(H,20,23)(H,25,26)/t12-,13+/m0/s1. The van der Waals surface area contributed by atoms with Gasteiger partial charge in [0.15, 0.2) is 5.69 Å². The number of nitrogens with zero attached hydrogens (tertiary/aromatic N) is 2. The molecule has 0 spiro atoms. The van der Waals surface area contributed by atoms with Gasteiger partial charge in [-0.25, -0.2) is 0 Å². The Morgan fingerprint density at radius 2 is 2.04 bits per heavy atom. The molecule has 1 aliphatic rings. The Balaban J connectivity index is 1.71. The maximum absolute atomic E-state index is 12.6. The van der Waals surface area contributed by atoms with E-state index in [0.29, 0.717) is 18.6 Å². The number of anilines is 1. The molecule has 27 heavy (non-hydrogen) atoms. The zero-order chi connectivity index (χ0) is 19.4. The first-order valence-corrected chi connectivity index (χ1v) is 8.48. The summed E-state index contributed by atoms with van der Waals surface area (Å²) in [7, 11) is 1.63. The lowest BCUT2D eigenvalue weighted by Gasteiger charge is -2.24. The first-order valence-electron chi connectivity index (χ1n) is 8.48. The highest BCUT2D eigenvalue weighted by atomic mass is 16.4. The lowest BCUT2D eigenvalue weighted by Crippen LogP contribution is -2.35. The van der Waals surface area contributed by atoms with E-state index >= 15 is 0 Å². The van der Waals surface area contributed by atoms with Crippen LogP contribution in [0.3, 0.4) is 0 Å². The summed E-state index contributed by atoms with van der Waals surface area (Å²) in [6.07, 6.45) is 7.21. The van der Waals surface area contributed by atoms with Crippen molar-refractivity contribution in [1.82, 2.24) is 15.1 Å². The minimum Gasteiger partial charge on any atom is -0.481 e. The maximum atomic E-state index is 12.6. The molecular formula is C18H20N4O5. The second kappa shape index (κ2) is 7.90. The van der Waals surface area contributed by atoms with E-state index in [9.17, 15) is 19.5 Å². The topological polar surface area (TPSA) is 126 Å². The summed E-state index contributed by atoms with van der Waals surface area (Å²) in [4.78, 5) is 36.4. The number of amides is 2. The summed E-state index contributed by atoms with van der Waals surface area (Å²) < 4.78 is 6.57. The number of allylic oxidation sites excluding steroid dienone is 2. The van der Waals surface area contributed by atoms with Crippen molar-refractivity contribution in [2.45, 2.75) is 19.4 Å². The van der Waals surface area contributed by atoms with Crippen LogP contribution in [0.4, 0.5) is 5.69 Å². The first-order chi connectivity index (χ1) is 13.0. The third-order valence-electron chi connectivity index (χ3n) is 4.39. The molecule has 0 unspecified atom stereocenters. The quantitative estimate of drug-likeness (QED) is 0.661. The van der Waals surface area contributed by atoms with Gasteiger partial charge >= 0.3 is 5.97 Å². The summed E-state index contributed by atoms with van der Waals surface area (Å²) in [6, 6.07) is 3.44. The van der Waals surface area contributed by atoms with E-state index in [0.717, 1.165) is 0 Å². The molecule has 0 aromatic carbocycles. The maximum Gasteiger partial charge on any atom is 0.307 e. The number of carbonyl (C=O) groups is 3. The molecule has 3 rings (SSSR count). The molecule has 9 heteroatoms. The molecule has 1 aliphatic carbocycles. The van der Waals surface area contributed by atoms with Crippen LogP contribution in [0.25, 0.3) is 0 Å². The average Bonchev–Trinajstić information content (AvgIpc) is 3.29. The highest BCUT2D eigenvalue weighted by Crippen LogP contribution is 2.27. The average molecular weight is 372 g/mol. The Bertz CT molecular complexity index is 868. The van der Waals surface area contributed by atoms with Crippen LogP contribution in [0, 0.1) is 11.8 Å². The van der Waals surface area contributed by atoms with Gasteiger partial charge in [-0.3, -0.25) is 19.1 Å². The largest absolute Gasteiger partial charge is 0.481 e. The Kier molecular flexibility index (Phi) is 5.39. The van der Waals surface area contributed by atoms with E-state index in [1.165, 1.54) is 17.1 Å². The van der Waals surface area contributed by atoms with Gasteiger partial charge in [-0.15, -0.1) is 0 Å². The number of hydrogen-bond acceptors (Lipinski definition) is 5. The molecule has 3 N–H and O–H groups in total. The second-order valence-electron chi connectivity index (χ2n) is 6.31. The van der Waals surface area contributed by atoms with Gasteiger partial charge in [0.1, 0.15) is 5.76 Å². The molecule has 0 saturated carbocycles. The number of nitrogens with one attached hydrogen (secondary N) is 2. The molecule has 0 bridgehead atoms. The fourth-order valence-corrected chi connectivity index (χ4v) is 3.01.